The van der Waals surface area contributed by atoms with E-state index >= 15 is 0 Å². The monoisotopic (exact) mass is 414 g/mol. The van der Waals surface area contributed by atoms with Gasteiger partial charge in [-0.2, -0.15) is 0 Å². The fourth-order valence-corrected chi connectivity index (χ4v) is 5.00. The molecule has 0 saturated carbocycles. The first-order valence-electron chi connectivity index (χ1n) is 10.5. The fraction of sp³-hybridized carbons (Fsp3) is 0.308. The molecule has 0 saturated heterocycles. The number of carbonyl (C=O) groups excluding carboxylic acids is 1. The summed E-state index contributed by atoms with van der Waals surface area (Å²) in [6, 6.07) is 13.8. The van der Waals surface area contributed by atoms with E-state index in [2.05, 4.69) is 36.3 Å². The molecule has 0 unspecified atom stereocenters. The zero-order valence-electron chi connectivity index (χ0n) is 18.3. The molecule has 0 radical (unpaired) electrons. The smallest absolute Gasteiger partial charge is 0.162 e. The Bertz CT molecular complexity index is 1240. The molecular formula is C26H26N2O3. The van der Waals surface area contributed by atoms with E-state index in [0.29, 0.717) is 17.9 Å². The number of rotatable bonds is 3. The van der Waals surface area contributed by atoms with Gasteiger partial charge in [0, 0.05) is 34.8 Å². The lowest BCUT2D eigenvalue weighted by atomic mass is 9.68. The highest BCUT2D eigenvalue weighted by atomic mass is 16.5. The highest BCUT2D eigenvalue weighted by molar-refractivity contribution is 6.12. The van der Waals surface area contributed by atoms with Crippen molar-refractivity contribution in [1.82, 2.24) is 4.98 Å². The first kappa shape index (κ1) is 19.6. The number of hydrogen-bond acceptors (Lipinski definition) is 5. The van der Waals surface area contributed by atoms with Crippen LogP contribution < -0.4 is 14.8 Å². The fourth-order valence-electron chi connectivity index (χ4n) is 5.00. The van der Waals surface area contributed by atoms with E-state index in [9.17, 15) is 4.79 Å². The number of pyridine rings is 1. The average molecular weight is 415 g/mol. The molecule has 0 bridgehead atoms. The Kier molecular flexibility index (Phi) is 4.50. The number of ether oxygens (including phenoxy) is 2. The van der Waals surface area contributed by atoms with Crippen LogP contribution in [-0.2, 0) is 4.79 Å². The van der Waals surface area contributed by atoms with Gasteiger partial charge in [0.15, 0.2) is 17.3 Å². The van der Waals surface area contributed by atoms with Crippen LogP contribution in [-0.4, -0.2) is 25.0 Å². The summed E-state index contributed by atoms with van der Waals surface area (Å²) in [5.74, 6) is 1.52. The van der Waals surface area contributed by atoms with Crippen molar-refractivity contribution in [2.75, 3.05) is 19.5 Å². The Morgan fingerprint density at radius 3 is 2.61 bits per heavy atom. The molecule has 31 heavy (non-hydrogen) atoms. The van der Waals surface area contributed by atoms with Gasteiger partial charge in [0.2, 0.25) is 0 Å². The van der Waals surface area contributed by atoms with Crippen molar-refractivity contribution in [1.29, 1.82) is 0 Å². The van der Waals surface area contributed by atoms with Gasteiger partial charge in [-0.3, -0.25) is 9.78 Å². The molecule has 5 nitrogen and oxygen atoms in total. The number of fused-ring (bicyclic) bond motifs is 4. The highest BCUT2D eigenvalue weighted by Crippen LogP contribution is 2.52. The third-order valence-corrected chi connectivity index (χ3v) is 6.34. The normalized spacial score (nSPS) is 19.5. The van der Waals surface area contributed by atoms with Crippen LogP contribution in [0, 0.1) is 5.41 Å². The van der Waals surface area contributed by atoms with E-state index in [-0.39, 0.29) is 17.2 Å². The van der Waals surface area contributed by atoms with E-state index in [1.54, 1.807) is 14.2 Å². The van der Waals surface area contributed by atoms with Gasteiger partial charge in [-0.25, -0.2) is 0 Å². The molecule has 1 aliphatic heterocycles. The molecule has 1 aliphatic carbocycles. The van der Waals surface area contributed by atoms with Crippen molar-refractivity contribution in [2.45, 2.75) is 32.7 Å². The van der Waals surface area contributed by atoms with Crippen LogP contribution in [0.5, 0.6) is 11.5 Å². The maximum absolute atomic E-state index is 13.5. The zero-order valence-corrected chi connectivity index (χ0v) is 18.3. The van der Waals surface area contributed by atoms with Crippen LogP contribution in [0.2, 0.25) is 0 Å². The summed E-state index contributed by atoms with van der Waals surface area (Å²) in [7, 11) is 3.25. The van der Waals surface area contributed by atoms with Crippen molar-refractivity contribution in [3.63, 3.8) is 0 Å². The Labute approximate surface area is 182 Å². The van der Waals surface area contributed by atoms with Crippen LogP contribution in [0.1, 0.15) is 43.9 Å². The lowest BCUT2D eigenvalue weighted by Gasteiger charge is -2.40. The molecule has 158 valence electrons. The second kappa shape index (κ2) is 7.12. The Balaban J connectivity index is 1.76. The van der Waals surface area contributed by atoms with Crippen LogP contribution in [0.15, 0.2) is 54.2 Å². The highest BCUT2D eigenvalue weighted by Gasteiger charge is 2.41. The summed E-state index contributed by atoms with van der Waals surface area (Å²) in [6.45, 7) is 4.34. The van der Waals surface area contributed by atoms with Gasteiger partial charge in [0.25, 0.3) is 0 Å². The van der Waals surface area contributed by atoms with Gasteiger partial charge >= 0.3 is 0 Å². The summed E-state index contributed by atoms with van der Waals surface area (Å²) in [4.78, 5) is 18.0. The number of nitrogens with one attached hydrogen (secondary N) is 1. The number of nitrogens with zero attached hydrogens (tertiary/aromatic N) is 1. The number of hydrogen-bond donors (Lipinski definition) is 1. The van der Waals surface area contributed by atoms with E-state index in [4.69, 9.17) is 9.47 Å². The molecule has 2 aromatic carbocycles. The van der Waals surface area contributed by atoms with Crippen molar-refractivity contribution < 1.29 is 14.3 Å². The van der Waals surface area contributed by atoms with Gasteiger partial charge in [0.1, 0.15) is 0 Å². The van der Waals surface area contributed by atoms with E-state index in [0.717, 1.165) is 45.3 Å². The van der Waals surface area contributed by atoms with Gasteiger partial charge in [-0.05, 0) is 53.3 Å². The van der Waals surface area contributed by atoms with Crippen molar-refractivity contribution in [3.05, 3.63) is 65.4 Å². The first-order valence-corrected chi connectivity index (χ1v) is 10.5. The van der Waals surface area contributed by atoms with Crippen LogP contribution in [0.4, 0.5) is 5.69 Å². The maximum Gasteiger partial charge on any atom is 0.162 e. The Morgan fingerprint density at radius 2 is 1.84 bits per heavy atom. The predicted molar refractivity (Wildman–Crippen MR) is 123 cm³/mol. The Hall–Kier alpha value is -3.34. The minimum Gasteiger partial charge on any atom is -0.493 e. The average Bonchev–Trinajstić information content (AvgIpc) is 2.76. The summed E-state index contributed by atoms with van der Waals surface area (Å²) >= 11 is 0. The molecule has 1 N–H and O–H groups in total. The maximum atomic E-state index is 13.5. The summed E-state index contributed by atoms with van der Waals surface area (Å²) in [5.41, 5.74) is 5.97. The molecule has 1 aromatic heterocycles. The third kappa shape index (κ3) is 3.16. The molecular weight excluding hydrogens is 388 g/mol. The molecule has 0 amide bonds. The van der Waals surface area contributed by atoms with E-state index in [1.807, 2.05) is 36.5 Å². The molecule has 0 fully saturated rings. The number of benzene rings is 2. The molecule has 1 atom stereocenters. The van der Waals surface area contributed by atoms with Crippen molar-refractivity contribution >= 4 is 27.9 Å². The molecule has 5 rings (SSSR count). The molecule has 2 heterocycles. The topological polar surface area (TPSA) is 60.5 Å². The lowest BCUT2D eigenvalue weighted by Crippen LogP contribution is -2.33. The number of anilines is 1. The van der Waals surface area contributed by atoms with Crippen LogP contribution in [0.25, 0.3) is 16.5 Å². The van der Waals surface area contributed by atoms with Gasteiger partial charge in [-0.1, -0.05) is 26.0 Å². The van der Waals surface area contributed by atoms with Gasteiger partial charge in [0.05, 0.1) is 25.8 Å². The summed E-state index contributed by atoms with van der Waals surface area (Å²) < 4.78 is 10.9. The van der Waals surface area contributed by atoms with Crippen LogP contribution >= 0.6 is 0 Å². The quantitative estimate of drug-likeness (QED) is 0.608. The zero-order chi connectivity index (χ0) is 21.8. The molecule has 0 spiro atoms. The van der Waals surface area contributed by atoms with E-state index < -0.39 is 0 Å². The summed E-state index contributed by atoms with van der Waals surface area (Å²) in [6.07, 6.45) is 3.19. The summed E-state index contributed by atoms with van der Waals surface area (Å²) in [5, 5.41) is 4.73. The van der Waals surface area contributed by atoms with E-state index in [1.165, 1.54) is 0 Å². The molecule has 3 aromatic rings. The minimum absolute atomic E-state index is 0.0863. The third-order valence-electron chi connectivity index (χ3n) is 6.34. The predicted octanol–water partition coefficient (Wildman–Crippen LogP) is 5.56. The Morgan fingerprint density at radius 1 is 1.03 bits per heavy atom. The second-order valence-corrected chi connectivity index (χ2v) is 9.08. The minimum atomic E-state index is -0.236. The number of aromatic nitrogens is 1. The van der Waals surface area contributed by atoms with Crippen molar-refractivity contribution in [2.24, 2.45) is 5.41 Å². The van der Waals surface area contributed by atoms with Crippen molar-refractivity contribution in [3.8, 4) is 11.5 Å². The van der Waals surface area contributed by atoms with Gasteiger partial charge < -0.3 is 14.8 Å². The standard InChI is InChI=1S/C26H26N2O3/c1-26(2)13-17-23-16-6-5-11-27-18(16)8-9-19(23)28-25(24(17)20(29)14-26)15-7-10-21(30-3)22(12-15)31-4/h5-12,25,28H,13-14H2,1-4H3/t25-/m0/s1. The van der Waals surface area contributed by atoms with Crippen LogP contribution in [0.3, 0.4) is 0 Å². The number of methoxy groups -OCH3 is 2. The molecule has 2 aliphatic rings. The molecule has 5 heteroatoms. The largest absolute Gasteiger partial charge is 0.493 e. The number of carbonyl (C=O) groups is 1. The number of ketones is 1. The SMILES string of the molecule is COc1ccc([C@@H]2Nc3ccc4ncccc4c3C3=C2C(=O)CC(C)(C)C3)cc1OC. The number of allylic oxidation sites excluding steroid dienone is 1. The first-order chi connectivity index (χ1) is 14.9. The second-order valence-electron chi connectivity index (χ2n) is 9.08. The lowest BCUT2D eigenvalue weighted by molar-refractivity contribution is -0.118. The van der Waals surface area contributed by atoms with Gasteiger partial charge in [-0.15, -0.1) is 0 Å². The number of Topliss-reactive ketones (excluding diaryl/α,β-unsaturated/α-hetero) is 1.